The van der Waals surface area contributed by atoms with E-state index in [9.17, 15) is 13.2 Å². The fraction of sp³-hybridized carbons (Fsp3) is 0.417. The van der Waals surface area contributed by atoms with Crippen LogP contribution in [0.15, 0.2) is 23.2 Å². The van der Waals surface area contributed by atoms with Crippen molar-refractivity contribution < 1.29 is 13.2 Å². The summed E-state index contributed by atoms with van der Waals surface area (Å²) in [5, 5.41) is 0.874. The number of alkyl halides is 3. The molecule has 2 aliphatic rings. The van der Waals surface area contributed by atoms with E-state index in [0.717, 1.165) is 29.1 Å². The molecule has 0 radical (unpaired) electrons. The quantitative estimate of drug-likeness (QED) is 0.721. The largest absolute Gasteiger partial charge is 0.416 e. The molecule has 0 atom stereocenters. The number of aliphatic imine (C=N–C) groups is 1. The molecule has 0 saturated carbocycles. The summed E-state index contributed by atoms with van der Waals surface area (Å²) in [5.74, 6) is 0.925. The zero-order valence-electron chi connectivity index (χ0n) is 9.50. The Morgan fingerprint density at radius 2 is 2.06 bits per heavy atom. The molecule has 18 heavy (non-hydrogen) atoms. The summed E-state index contributed by atoms with van der Waals surface area (Å²) in [6, 6.07) is 4.41. The number of thioether (sulfide) groups is 1. The van der Waals surface area contributed by atoms with Crippen molar-refractivity contribution in [3.63, 3.8) is 0 Å². The average molecular weight is 272 g/mol. The van der Waals surface area contributed by atoms with Crippen molar-refractivity contribution in [1.29, 1.82) is 0 Å². The van der Waals surface area contributed by atoms with Crippen molar-refractivity contribution in [3.05, 3.63) is 34.9 Å². The maximum atomic E-state index is 12.9. The van der Waals surface area contributed by atoms with Crippen LogP contribution in [0.4, 0.5) is 13.2 Å². The van der Waals surface area contributed by atoms with Gasteiger partial charge in [-0.25, -0.2) is 0 Å². The third-order valence-electron chi connectivity index (χ3n) is 3.13. The molecule has 0 amide bonds. The standard InChI is InChI=1S/C12H11F3N2S/c13-12(14,15)10-3-1-2-8-6-17(7-9(8)10)11-16-4-5-18-11/h1-3H,4-7H2. The molecule has 1 aromatic carbocycles. The van der Waals surface area contributed by atoms with E-state index < -0.39 is 11.7 Å². The first kappa shape index (κ1) is 11.9. The van der Waals surface area contributed by atoms with E-state index in [1.54, 1.807) is 17.8 Å². The maximum absolute atomic E-state index is 12.9. The summed E-state index contributed by atoms with van der Waals surface area (Å²) in [5.41, 5.74) is 0.659. The molecule has 0 aliphatic carbocycles. The van der Waals surface area contributed by atoms with Gasteiger partial charge in [0.25, 0.3) is 0 Å². The normalized spacial score (nSPS) is 19.1. The van der Waals surface area contributed by atoms with Gasteiger partial charge in [0.2, 0.25) is 0 Å². The van der Waals surface area contributed by atoms with Crippen LogP contribution in [-0.2, 0) is 19.3 Å². The first-order valence-electron chi connectivity index (χ1n) is 5.66. The fourth-order valence-corrected chi connectivity index (χ4v) is 3.20. The van der Waals surface area contributed by atoms with Crippen LogP contribution in [0.3, 0.4) is 0 Å². The Balaban J connectivity index is 1.93. The molecular formula is C12H11F3N2S. The topological polar surface area (TPSA) is 15.6 Å². The molecule has 0 bridgehead atoms. The lowest BCUT2D eigenvalue weighted by Gasteiger charge is -2.16. The summed E-state index contributed by atoms with van der Waals surface area (Å²) in [7, 11) is 0. The van der Waals surface area contributed by atoms with Gasteiger partial charge in [-0.05, 0) is 17.2 Å². The van der Waals surface area contributed by atoms with Gasteiger partial charge in [0, 0.05) is 18.8 Å². The van der Waals surface area contributed by atoms with Gasteiger partial charge in [-0.1, -0.05) is 23.9 Å². The smallest absolute Gasteiger partial charge is 0.343 e. The Bertz CT molecular complexity index is 511. The second kappa shape index (κ2) is 4.19. The molecule has 0 aromatic heterocycles. The SMILES string of the molecule is FC(F)(F)c1cccc2c1CN(C1=NCCS1)C2. The Morgan fingerprint density at radius 3 is 2.72 bits per heavy atom. The van der Waals surface area contributed by atoms with Crippen LogP contribution in [0.5, 0.6) is 0 Å². The predicted octanol–water partition coefficient (Wildman–Crippen LogP) is 3.12. The number of hydrogen-bond acceptors (Lipinski definition) is 3. The van der Waals surface area contributed by atoms with Crippen molar-refractivity contribution in [2.24, 2.45) is 4.99 Å². The summed E-state index contributed by atoms with van der Waals surface area (Å²) >= 11 is 1.62. The van der Waals surface area contributed by atoms with Gasteiger partial charge in [0.05, 0.1) is 12.1 Å². The highest BCUT2D eigenvalue weighted by atomic mass is 32.2. The van der Waals surface area contributed by atoms with E-state index in [4.69, 9.17) is 0 Å². The van der Waals surface area contributed by atoms with Gasteiger partial charge in [0.1, 0.15) is 0 Å². The molecule has 0 spiro atoms. The summed E-state index contributed by atoms with van der Waals surface area (Å²) in [4.78, 5) is 6.25. The minimum absolute atomic E-state index is 0.316. The third-order valence-corrected chi connectivity index (χ3v) is 4.16. The highest BCUT2D eigenvalue weighted by molar-refractivity contribution is 8.14. The molecule has 3 rings (SSSR count). The number of fused-ring (bicyclic) bond motifs is 1. The number of nitrogens with zero attached hydrogens (tertiary/aromatic N) is 2. The average Bonchev–Trinajstić information content (AvgIpc) is 2.95. The van der Waals surface area contributed by atoms with Crippen LogP contribution >= 0.6 is 11.8 Å². The Labute approximate surface area is 107 Å². The van der Waals surface area contributed by atoms with Crippen molar-refractivity contribution >= 4 is 16.9 Å². The summed E-state index contributed by atoms with van der Waals surface area (Å²) in [6.07, 6.45) is -4.27. The van der Waals surface area contributed by atoms with Crippen LogP contribution in [0.1, 0.15) is 16.7 Å². The van der Waals surface area contributed by atoms with E-state index in [1.165, 1.54) is 6.07 Å². The number of halogens is 3. The minimum atomic E-state index is -4.27. The van der Waals surface area contributed by atoms with E-state index in [1.807, 2.05) is 4.90 Å². The first-order chi connectivity index (χ1) is 8.55. The Morgan fingerprint density at radius 1 is 1.22 bits per heavy atom. The molecule has 0 saturated heterocycles. The van der Waals surface area contributed by atoms with Crippen LogP contribution < -0.4 is 0 Å². The van der Waals surface area contributed by atoms with Gasteiger partial charge >= 0.3 is 6.18 Å². The number of rotatable bonds is 0. The highest BCUT2D eigenvalue weighted by Gasteiger charge is 2.37. The maximum Gasteiger partial charge on any atom is 0.416 e. The van der Waals surface area contributed by atoms with Gasteiger partial charge in [-0.2, -0.15) is 13.2 Å². The van der Waals surface area contributed by atoms with Crippen molar-refractivity contribution in [3.8, 4) is 0 Å². The van der Waals surface area contributed by atoms with Gasteiger partial charge in [0.15, 0.2) is 5.17 Å². The molecule has 2 nitrogen and oxygen atoms in total. The zero-order chi connectivity index (χ0) is 12.8. The van der Waals surface area contributed by atoms with Crippen LogP contribution in [-0.4, -0.2) is 22.4 Å². The van der Waals surface area contributed by atoms with Gasteiger partial charge in [-0.3, -0.25) is 4.99 Å². The van der Waals surface area contributed by atoms with Crippen LogP contribution in [0.25, 0.3) is 0 Å². The second-order valence-corrected chi connectivity index (χ2v) is 5.37. The lowest BCUT2D eigenvalue weighted by molar-refractivity contribution is -0.138. The fourth-order valence-electron chi connectivity index (χ4n) is 2.34. The van der Waals surface area contributed by atoms with Crippen molar-refractivity contribution in [1.82, 2.24) is 4.90 Å². The number of amidine groups is 1. The summed E-state index contributed by atoms with van der Waals surface area (Å²) in [6.45, 7) is 1.61. The van der Waals surface area contributed by atoms with Crippen LogP contribution in [0.2, 0.25) is 0 Å². The third kappa shape index (κ3) is 1.98. The molecule has 0 fully saturated rings. The van der Waals surface area contributed by atoms with Crippen molar-refractivity contribution in [2.45, 2.75) is 19.3 Å². The molecular weight excluding hydrogens is 261 g/mol. The second-order valence-electron chi connectivity index (χ2n) is 4.31. The monoisotopic (exact) mass is 272 g/mol. The molecule has 96 valence electrons. The lowest BCUT2D eigenvalue weighted by atomic mass is 10.0. The van der Waals surface area contributed by atoms with E-state index in [2.05, 4.69) is 4.99 Å². The van der Waals surface area contributed by atoms with Gasteiger partial charge < -0.3 is 4.90 Å². The highest BCUT2D eigenvalue weighted by Crippen LogP contribution is 2.38. The van der Waals surface area contributed by atoms with Crippen molar-refractivity contribution in [2.75, 3.05) is 12.3 Å². The molecule has 0 unspecified atom stereocenters. The van der Waals surface area contributed by atoms with E-state index in [-0.39, 0.29) is 0 Å². The molecule has 2 heterocycles. The van der Waals surface area contributed by atoms with Gasteiger partial charge in [-0.15, -0.1) is 0 Å². The number of benzene rings is 1. The number of hydrogen-bond donors (Lipinski definition) is 0. The minimum Gasteiger partial charge on any atom is -0.343 e. The summed E-state index contributed by atoms with van der Waals surface area (Å²) < 4.78 is 38.7. The predicted molar refractivity (Wildman–Crippen MR) is 65.5 cm³/mol. The first-order valence-corrected chi connectivity index (χ1v) is 6.64. The van der Waals surface area contributed by atoms with Crippen LogP contribution in [0, 0.1) is 0 Å². The molecule has 0 N–H and O–H groups in total. The molecule has 6 heteroatoms. The Kier molecular flexibility index (Phi) is 2.77. The molecule has 2 aliphatic heterocycles. The van der Waals surface area contributed by atoms with E-state index in [0.29, 0.717) is 18.7 Å². The Hall–Kier alpha value is -1.17. The zero-order valence-corrected chi connectivity index (χ0v) is 10.3. The van der Waals surface area contributed by atoms with E-state index >= 15 is 0 Å². The molecule has 1 aromatic rings. The lowest BCUT2D eigenvalue weighted by Crippen LogP contribution is -2.21.